The lowest BCUT2D eigenvalue weighted by Gasteiger charge is -2.14. The van der Waals surface area contributed by atoms with Crippen LogP contribution in [0.25, 0.3) is 0 Å². The van der Waals surface area contributed by atoms with Crippen molar-refractivity contribution in [1.82, 2.24) is 0 Å². The molecule has 21 heavy (non-hydrogen) atoms. The number of benzene rings is 2. The maximum Gasteiger partial charge on any atom is 0.145 e. The predicted molar refractivity (Wildman–Crippen MR) is 82.8 cm³/mol. The summed E-state index contributed by atoms with van der Waals surface area (Å²) in [5.41, 5.74) is 1.16. The molecule has 0 bridgehead atoms. The third-order valence-electron chi connectivity index (χ3n) is 3.19. The molecule has 0 heterocycles. The molecule has 0 fully saturated rings. The van der Waals surface area contributed by atoms with E-state index in [1.807, 2.05) is 0 Å². The summed E-state index contributed by atoms with van der Waals surface area (Å²) in [4.78, 5) is 0. The first-order valence-corrected chi connectivity index (χ1v) is 7.20. The van der Waals surface area contributed by atoms with Crippen LogP contribution in [0.3, 0.4) is 0 Å². The Bertz CT molecular complexity index is 632. The first-order chi connectivity index (χ1) is 10.0. The largest absolute Gasteiger partial charge is 0.496 e. The van der Waals surface area contributed by atoms with Gasteiger partial charge in [0.1, 0.15) is 11.6 Å². The van der Waals surface area contributed by atoms with Crippen molar-refractivity contribution in [1.29, 1.82) is 0 Å². The standard InChI is InChI=1S/C16H15Cl2FO2/c1-21-15-6-5-12(17)7-11(15)9-13(20)8-10-3-2-4-14(18)16(10)19/h2-7,13,20H,8-9H2,1H3. The molecule has 0 aliphatic rings. The number of aliphatic hydroxyl groups excluding tert-OH is 1. The van der Waals surface area contributed by atoms with Gasteiger partial charge in [-0.1, -0.05) is 35.3 Å². The highest BCUT2D eigenvalue weighted by Gasteiger charge is 2.14. The molecule has 0 aliphatic carbocycles. The van der Waals surface area contributed by atoms with Gasteiger partial charge in [0.2, 0.25) is 0 Å². The van der Waals surface area contributed by atoms with Gasteiger partial charge < -0.3 is 9.84 Å². The van der Waals surface area contributed by atoms with Crippen molar-refractivity contribution in [3.05, 3.63) is 63.4 Å². The summed E-state index contributed by atoms with van der Waals surface area (Å²) in [6.07, 6.45) is -0.275. The minimum Gasteiger partial charge on any atom is -0.496 e. The Labute approximate surface area is 133 Å². The molecule has 2 aromatic carbocycles. The van der Waals surface area contributed by atoms with E-state index in [2.05, 4.69) is 0 Å². The Morgan fingerprint density at radius 2 is 1.86 bits per heavy atom. The summed E-state index contributed by atoms with van der Waals surface area (Å²) in [6, 6.07) is 9.94. The van der Waals surface area contributed by atoms with Crippen LogP contribution in [0, 0.1) is 5.82 Å². The minimum atomic E-state index is -0.759. The molecular formula is C16H15Cl2FO2. The van der Waals surface area contributed by atoms with Crippen LogP contribution < -0.4 is 4.74 Å². The van der Waals surface area contributed by atoms with Gasteiger partial charge >= 0.3 is 0 Å². The lowest BCUT2D eigenvalue weighted by molar-refractivity contribution is 0.173. The van der Waals surface area contributed by atoms with E-state index in [1.165, 1.54) is 6.07 Å². The molecule has 2 aromatic rings. The monoisotopic (exact) mass is 328 g/mol. The molecule has 1 unspecified atom stereocenters. The van der Waals surface area contributed by atoms with Gasteiger partial charge in [-0.15, -0.1) is 0 Å². The number of aliphatic hydroxyl groups is 1. The van der Waals surface area contributed by atoms with Crippen molar-refractivity contribution in [2.24, 2.45) is 0 Å². The smallest absolute Gasteiger partial charge is 0.145 e. The normalized spacial score (nSPS) is 12.2. The van der Waals surface area contributed by atoms with Crippen LogP contribution in [0.15, 0.2) is 36.4 Å². The van der Waals surface area contributed by atoms with E-state index in [0.717, 1.165) is 5.56 Å². The summed E-state index contributed by atoms with van der Waals surface area (Å²) < 4.78 is 19.1. The molecule has 0 aliphatic heterocycles. The quantitative estimate of drug-likeness (QED) is 0.887. The van der Waals surface area contributed by atoms with Crippen LogP contribution in [0.1, 0.15) is 11.1 Å². The van der Waals surface area contributed by atoms with Crippen LogP contribution in [0.5, 0.6) is 5.75 Å². The van der Waals surface area contributed by atoms with E-state index in [0.29, 0.717) is 22.8 Å². The molecule has 0 saturated carbocycles. The second-order valence-electron chi connectivity index (χ2n) is 4.73. The number of hydrogen-bond donors (Lipinski definition) is 1. The maximum atomic E-state index is 13.8. The molecule has 0 aromatic heterocycles. The number of hydrogen-bond acceptors (Lipinski definition) is 2. The minimum absolute atomic E-state index is 0.0556. The molecule has 112 valence electrons. The summed E-state index contributed by atoms with van der Waals surface area (Å²) in [5, 5.41) is 10.8. The molecule has 0 radical (unpaired) electrons. The van der Waals surface area contributed by atoms with E-state index in [4.69, 9.17) is 27.9 Å². The average molecular weight is 329 g/mol. The molecule has 1 atom stereocenters. The van der Waals surface area contributed by atoms with Crippen molar-refractivity contribution in [2.45, 2.75) is 18.9 Å². The lowest BCUT2D eigenvalue weighted by atomic mass is 10.0. The first kappa shape index (κ1) is 16.1. The highest BCUT2D eigenvalue weighted by atomic mass is 35.5. The Morgan fingerprint density at radius 3 is 2.57 bits per heavy atom. The van der Waals surface area contributed by atoms with E-state index >= 15 is 0 Å². The summed E-state index contributed by atoms with van der Waals surface area (Å²) >= 11 is 11.7. The average Bonchev–Trinajstić information content (AvgIpc) is 2.44. The molecule has 1 N–H and O–H groups in total. The zero-order valence-corrected chi connectivity index (χ0v) is 13.0. The van der Waals surface area contributed by atoms with Crippen LogP contribution in [0.4, 0.5) is 4.39 Å². The van der Waals surface area contributed by atoms with Gasteiger partial charge in [-0.2, -0.15) is 0 Å². The van der Waals surface area contributed by atoms with Crippen LogP contribution in [0.2, 0.25) is 10.0 Å². The van der Waals surface area contributed by atoms with Gasteiger partial charge in [0.05, 0.1) is 18.2 Å². The van der Waals surface area contributed by atoms with Crippen molar-refractivity contribution in [3.8, 4) is 5.75 Å². The van der Waals surface area contributed by atoms with Gasteiger partial charge in [-0.25, -0.2) is 4.39 Å². The van der Waals surface area contributed by atoms with E-state index in [1.54, 1.807) is 37.4 Å². The molecule has 2 nitrogen and oxygen atoms in total. The molecule has 5 heteroatoms. The van der Waals surface area contributed by atoms with Crippen LogP contribution in [-0.4, -0.2) is 18.3 Å². The van der Waals surface area contributed by atoms with E-state index in [9.17, 15) is 9.50 Å². The Kier molecular flexibility index (Phi) is 5.45. The molecule has 2 rings (SSSR count). The van der Waals surface area contributed by atoms with Crippen molar-refractivity contribution in [2.75, 3.05) is 7.11 Å². The van der Waals surface area contributed by atoms with Gasteiger partial charge in [-0.05, 0) is 35.4 Å². The molecule has 0 saturated heterocycles. The molecular weight excluding hydrogens is 314 g/mol. The third kappa shape index (κ3) is 4.10. The Morgan fingerprint density at radius 1 is 1.14 bits per heavy atom. The number of halogens is 3. The third-order valence-corrected chi connectivity index (χ3v) is 3.71. The summed E-state index contributed by atoms with van der Waals surface area (Å²) in [6.45, 7) is 0. The van der Waals surface area contributed by atoms with Crippen molar-refractivity contribution >= 4 is 23.2 Å². The number of ether oxygens (including phenoxy) is 1. The summed E-state index contributed by atoms with van der Waals surface area (Å²) in [7, 11) is 1.55. The second-order valence-corrected chi connectivity index (χ2v) is 5.57. The van der Waals surface area contributed by atoms with Gasteiger partial charge in [0.15, 0.2) is 0 Å². The van der Waals surface area contributed by atoms with Gasteiger partial charge in [0, 0.05) is 17.9 Å². The molecule has 0 amide bonds. The van der Waals surface area contributed by atoms with E-state index < -0.39 is 11.9 Å². The highest BCUT2D eigenvalue weighted by molar-refractivity contribution is 6.31. The number of rotatable bonds is 5. The fourth-order valence-electron chi connectivity index (χ4n) is 2.19. The zero-order valence-electron chi connectivity index (χ0n) is 11.4. The second kappa shape index (κ2) is 7.12. The Balaban J connectivity index is 2.13. The topological polar surface area (TPSA) is 29.5 Å². The van der Waals surface area contributed by atoms with E-state index in [-0.39, 0.29) is 11.4 Å². The zero-order chi connectivity index (χ0) is 15.4. The molecule has 0 spiro atoms. The van der Waals surface area contributed by atoms with Crippen LogP contribution >= 0.6 is 23.2 Å². The number of methoxy groups -OCH3 is 1. The Hall–Kier alpha value is -1.29. The van der Waals surface area contributed by atoms with Gasteiger partial charge in [-0.3, -0.25) is 0 Å². The van der Waals surface area contributed by atoms with Crippen molar-refractivity contribution < 1.29 is 14.2 Å². The fourth-order valence-corrected chi connectivity index (χ4v) is 2.58. The van der Waals surface area contributed by atoms with Crippen LogP contribution in [-0.2, 0) is 12.8 Å². The lowest BCUT2D eigenvalue weighted by Crippen LogP contribution is -2.15. The summed E-state index contributed by atoms with van der Waals surface area (Å²) in [5.74, 6) is 0.154. The van der Waals surface area contributed by atoms with Crippen molar-refractivity contribution in [3.63, 3.8) is 0 Å². The van der Waals surface area contributed by atoms with Gasteiger partial charge in [0.25, 0.3) is 0 Å². The highest BCUT2D eigenvalue weighted by Crippen LogP contribution is 2.25. The predicted octanol–water partition coefficient (Wildman–Crippen LogP) is 4.29. The fraction of sp³-hybridized carbons (Fsp3) is 0.250. The SMILES string of the molecule is COc1ccc(Cl)cc1CC(O)Cc1cccc(Cl)c1F. The maximum absolute atomic E-state index is 13.8. The first-order valence-electron chi connectivity index (χ1n) is 6.44.